The smallest absolute Gasteiger partial charge is 0.223 e. The van der Waals surface area contributed by atoms with E-state index in [0.717, 1.165) is 61.7 Å². The molecule has 0 unspecified atom stereocenters. The highest BCUT2D eigenvalue weighted by Crippen LogP contribution is 2.28. The van der Waals surface area contributed by atoms with Crippen LogP contribution in [0.25, 0.3) is 10.9 Å². The predicted molar refractivity (Wildman–Crippen MR) is 145 cm³/mol. The topological polar surface area (TPSA) is 61.4 Å². The second kappa shape index (κ2) is 11.3. The molecule has 1 saturated heterocycles. The van der Waals surface area contributed by atoms with Gasteiger partial charge in [0.05, 0.1) is 5.52 Å². The van der Waals surface area contributed by atoms with E-state index in [-0.39, 0.29) is 11.8 Å². The molecule has 3 heterocycles. The second-order valence-corrected chi connectivity index (χ2v) is 9.39. The van der Waals surface area contributed by atoms with Gasteiger partial charge in [-0.1, -0.05) is 60.7 Å². The van der Waals surface area contributed by atoms with Crippen molar-refractivity contribution in [1.29, 1.82) is 0 Å². The number of anilines is 1. The van der Waals surface area contributed by atoms with Gasteiger partial charge < -0.3 is 10.2 Å². The van der Waals surface area contributed by atoms with Crippen LogP contribution in [-0.4, -0.2) is 64.9 Å². The number of nitrogens with zero attached hydrogens (tertiary/aromatic N) is 4. The Hall–Kier alpha value is -3.77. The third-order valence-electron chi connectivity index (χ3n) is 7.06. The molecule has 2 aromatic heterocycles. The van der Waals surface area contributed by atoms with Gasteiger partial charge in [0.25, 0.3) is 0 Å². The van der Waals surface area contributed by atoms with E-state index in [0.29, 0.717) is 6.42 Å². The van der Waals surface area contributed by atoms with E-state index < -0.39 is 0 Å². The summed E-state index contributed by atoms with van der Waals surface area (Å²) >= 11 is 0. The van der Waals surface area contributed by atoms with Gasteiger partial charge >= 0.3 is 0 Å². The van der Waals surface area contributed by atoms with Crippen LogP contribution in [0.1, 0.15) is 29.2 Å². The number of rotatable bonds is 8. The maximum Gasteiger partial charge on any atom is 0.223 e. The normalized spacial score (nSPS) is 14.3. The van der Waals surface area contributed by atoms with E-state index in [1.54, 1.807) is 6.20 Å². The van der Waals surface area contributed by atoms with Crippen molar-refractivity contribution in [1.82, 2.24) is 19.8 Å². The lowest BCUT2D eigenvalue weighted by atomic mass is 9.88. The molecule has 5 rings (SSSR count). The minimum absolute atomic E-state index is 0.0798. The van der Waals surface area contributed by atoms with Gasteiger partial charge in [0.2, 0.25) is 5.91 Å². The lowest BCUT2D eigenvalue weighted by Crippen LogP contribution is -2.49. The Balaban J connectivity index is 1.12. The standard InChI is InChI=1S/C30H33N5O/c1-23-26-12-13-29(33-28(26)14-15-31-23)32-16-17-34-18-20-35(21-19-34)30(36)22-27(24-8-4-2-5-9-24)25-10-6-3-7-11-25/h2-15,27H,16-22H2,1H3,(H,32,33). The van der Waals surface area contributed by atoms with Crippen molar-refractivity contribution >= 4 is 22.6 Å². The van der Waals surface area contributed by atoms with Gasteiger partial charge in [-0.3, -0.25) is 14.7 Å². The number of aryl methyl sites for hydroxylation is 1. The highest BCUT2D eigenvalue weighted by molar-refractivity contribution is 5.82. The molecule has 6 heteroatoms. The third kappa shape index (κ3) is 5.71. The molecule has 4 aromatic rings. The SMILES string of the molecule is Cc1nccc2nc(NCCN3CCN(C(=O)CC(c4ccccc4)c4ccccc4)CC3)ccc12. The Morgan fingerprint density at radius 3 is 2.22 bits per heavy atom. The Bertz CT molecular complexity index is 1250. The predicted octanol–water partition coefficient (Wildman–Crippen LogP) is 4.72. The third-order valence-corrected chi connectivity index (χ3v) is 7.06. The summed E-state index contributed by atoms with van der Waals surface area (Å²) in [6.45, 7) is 7.08. The summed E-state index contributed by atoms with van der Waals surface area (Å²) in [5.41, 5.74) is 4.34. The van der Waals surface area contributed by atoms with Crippen LogP contribution in [0, 0.1) is 6.92 Å². The summed E-state index contributed by atoms with van der Waals surface area (Å²) in [5, 5.41) is 4.53. The van der Waals surface area contributed by atoms with Crippen molar-refractivity contribution in [2.45, 2.75) is 19.3 Å². The van der Waals surface area contributed by atoms with Crippen molar-refractivity contribution in [3.63, 3.8) is 0 Å². The molecular formula is C30H33N5O. The maximum absolute atomic E-state index is 13.3. The number of carbonyl (C=O) groups is 1. The number of aromatic nitrogens is 2. The average Bonchev–Trinajstić information content (AvgIpc) is 2.93. The number of nitrogens with one attached hydrogen (secondary N) is 1. The minimum Gasteiger partial charge on any atom is -0.369 e. The molecule has 1 aliphatic heterocycles. The lowest BCUT2D eigenvalue weighted by Gasteiger charge is -2.35. The molecule has 6 nitrogen and oxygen atoms in total. The number of hydrogen-bond donors (Lipinski definition) is 1. The van der Waals surface area contributed by atoms with Crippen molar-refractivity contribution in [2.24, 2.45) is 0 Å². The fourth-order valence-corrected chi connectivity index (χ4v) is 4.96. The first-order chi connectivity index (χ1) is 17.7. The van der Waals surface area contributed by atoms with Crippen LogP contribution >= 0.6 is 0 Å². The van der Waals surface area contributed by atoms with Crippen LogP contribution in [0.2, 0.25) is 0 Å². The summed E-state index contributed by atoms with van der Waals surface area (Å²) in [5.74, 6) is 1.20. The summed E-state index contributed by atoms with van der Waals surface area (Å²) < 4.78 is 0. The lowest BCUT2D eigenvalue weighted by molar-refractivity contribution is -0.133. The number of piperazine rings is 1. The van der Waals surface area contributed by atoms with Gasteiger partial charge in [-0.15, -0.1) is 0 Å². The molecule has 1 aliphatic rings. The molecule has 1 N–H and O–H groups in total. The van der Waals surface area contributed by atoms with Gasteiger partial charge in [-0.25, -0.2) is 4.98 Å². The van der Waals surface area contributed by atoms with Crippen LogP contribution in [0.5, 0.6) is 0 Å². The van der Waals surface area contributed by atoms with Crippen LogP contribution < -0.4 is 5.32 Å². The van der Waals surface area contributed by atoms with Crippen LogP contribution in [0.4, 0.5) is 5.82 Å². The van der Waals surface area contributed by atoms with Gasteiger partial charge in [0.15, 0.2) is 0 Å². The van der Waals surface area contributed by atoms with Gasteiger partial charge in [0, 0.05) is 68.9 Å². The molecule has 0 bridgehead atoms. The zero-order valence-electron chi connectivity index (χ0n) is 20.8. The largest absolute Gasteiger partial charge is 0.369 e. The average molecular weight is 480 g/mol. The molecule has 0 aliphatic carbocycles. The van der Waals surface area contributed by atoms with Gasteiger partial charge in [0.1, 0.15) is 5.82 Å². The Kier molecular flexibility index (Phi) is 7.52. The fourth-order valence-electron chi connectivity index (χ4n) is 4.96. The van der Waals surface area contributed by atoms with Crippen molar-refractivity contribution < 1.29 is 4.79 Å². The first kappa shape index (κ1) is 23.9. The van der Waals surface area contributed by atoms with Gasteiger partial charge in [-0.05, 0) is 36.2 Å². The summed E-state index contributed by atoms with van der Waals surface area (Å²) in [4.78, 5) is 26.8. The monoisotopic (exact) mass is 479 g/mol. The van der Waals surface area contributed by atoms with E-state index in [1.165, 1.54) is 11.1 Å². The number of amides is 1. The second-order valence-electron chi connectivity index (χ2n) is 9.39. The van der Waals surface area contributed by atoms with E-state index in [9.17, 15) is 4.79 Å². The number of pyridine rings is 2. The molecule has 0 atom stereocenters. The summed E-state index contributed by atoms with van der Waals surface area (Å²) in [7, 11) is 0. The molecule has 0 spiro atoms. The molecule has 36 heavy (non-hydrogen) atoms. The quantitative estimate of drug-likeness (QED) is 0.396. The molecule has 0 saturated carbocycles. The Labute approximate surface area is 213 Å². The zero-order valence-corrected chi connectivity index (χ0v) is 20.8. The molecule has 1 amide bonds. The van der Waals surface area contributed by atoms with E-state index in [2.05, 4.69) is 45.5 Å². The number of carbonyl (C=O) groups excluding carboxylic acids is 1. The van der Waals surface area contributed by atoms with Crippen LogP contribution in [-0.2, 0) is 4.79 Å². The molecular weight excluding hydrogens is 446 g/mol. The fraction of sp³-hybridized carbons (Fsp3) is 0.300. The first-order valence-electron chi connectivity index (χ1n) is 12.7. The molecule has 1 fully saturated rings. The summed E-state index contributed by atoms with van der Waals surface area (Å²) in [6.07, 6.45) is 2.30. The van der Waals surface area contributed by atoms with E-state index in [1.807, 2.05) is 60.4 Å². The number of benzene rings is 2. The van der Waals surface area contributed by atoms with Crippen LogP contribution in [0.15, 0.2) is 85.1 Å². The van der Waals surface area contributed by atoms with Crippen molar-refractivity contribution in [2.75, 3.05) is 44.6 Å². The van der Waals surface area contributed by atoms with Crippen molar-refractivity contribution in [3.8, 4) is 0 Å². The summed E-state index contributed by atoms with van der Waals surface area (Å²) in [6, 6.07) is 26.8. The first-order valence-corrected chi connectivity index (χ1v) is 12.7. The number of fused-ring (bicyclic) bond motifs is 1. The Morgan fingerprint density at radius 2 is 1.56 bits per heavy atom. The minimum atomic E-state index is 0.0798. The Morgan fingerprint density at radius 1 is 0.889 bits per heavy atom. The molecule has 2 aromatic carbocycles. The van der Waals surface area contributed by atoms with Crippen molar-refractivity contribution in [3.05, 3.63) is 102 Å². The molecule has 184 valence electrons. The highest BCUT2D eigenvalue weighted by Gasteiger charge is 2.25. The van der Waals surface area contributed by atoms with E-state index in [4.69, 9.17) is 4.98 Å². The molecule has 0 radical (unpaired) electrons. The highest BCUT2D eigenvalue weighted by atomic mass is 16.2. The van der Waals surface area contributed by atoms with Gasteiger partial charge in [-0.2, -0.15) is 0 Å². The van der Waals surface area contributed by atoms with Crippen LogP contribution in [0.3, 0.4) is 0 Å². The zero-order chi connectivity index (χ0) is 24.7. The maximum atomic E-state index is 13.3. The number of hydrogen-bond acceptors (Lipinski definition) is 5. The van der Waals surface area contributed by atoms with E-state index >= 15 is 0 Å².